The zero-order valence-electron chi connectivity index (χ0n) is 11.7. The quantitative estimate of drug-likeness (QED) is 0.283. The van der Waals surface area contributed by atoms with E-state index < -0.39 is 16.1 Å². The molecule has 0 unspecified atom stereocenters. The summed E-state index contributed by atoms with van der Waals surface area (Å²) in [5.74, 6) is -0.308. The summed E-state index contributed by atoms with van der Waals surface area (Å²) in [6.45, 7) is 1.93. The maximum atomic E-state index is 12.4. The lowest BCUT2D eigenvalue weighted by Gasteiger charge is -2.04. The Morgan fingerprint density at radius 3 is 2.32 bits per heavy atom. The average molecular weight is 318 g/mol. The van der Waals surface area contributed by atoms with Crippen molar-refractivity contribution in [1.82, 2.24) is 0 Å². The predicted octanol–water partition coefficient (Wildman–Crippen LogP) is 3.79. The Kier molecular flexibility index (Phi) is 3.47. The Labute approximate surface area is 131 Å². The molecule has 0 aliphatic carbocycles. The molecule has 1 aliphatic heterocycles. The van der Waals surface area contributed by atoms with Crippen LogP contribution in [-0.4, -0.2) is 15.8 Å². The van der Waals surface area contributed by atoms with E-state index in [9.17, 15) is 14.9 Å². The Hall–Kier alpha value is -2.24. The fourth-order valence-corrected chi connectivity index (χ4v) is 2.59. The highest BCUT2D eigenvalue weighted by Crippen LogP contribution is 2.54. The molecule has 0 amide bonds. The first-order chi connectivity index (χ1) is 10.4. The number of carbonyl (C=O) groups excluding carboxylic acids is 1. The summed E-state index contributed by atoms with van der Waals surface area (Å²) in [6.07, 6.45) is -0.594. The van der Waals surface area contributed by atoms with Crippen molar-refractivity contribution in [2.75, 3.05) is 0 Å². The molecule has 1 fully saturated rings. The average Bonchev–Trinajstić information content (AvgIpc) is 3.21. The number of nitrogens with zero attached hydrogens (tertiary/aromatic N) is 1. The van der Waals surface area contributed by atoms with Gasteiger partial charge in [-0.05, 0) is 24.6 Å². The second-order valence-electron chi connectivity index (χ2n) is 5.19. The molecule has 2 aromatic rings. The molecule has 1 saturated heterocycles. The van der Waals surface area contributed by atoms with Crippen LogP contribution in [0.3, 0.4) is 0 Å². The Morgan fingerprint density at radius 2 is 1.77 bits per heavy atom. The fourth-order valence-electron chi connectivity index (χ4n) is 2.27. The molecule has 2 aromatic carbocycles. The van der Waals surface area contributed by atoms with Crippen LogP contribution >= 0.6 is 11.6 Å². The van der Waals surface area contributed by atoms with E-state index in [-0.39, 0.29) is 11.5 Å². The number of epoxide rings is 1. The van der Waals surface area contributed by atoms with Gasteiger partial charge in [-0.1, -0.05) is 41.4 Å². The molecule has 112 valence electrons. The molecule has 0 spiro atoms. The van der Waals surface area contributed by atoms with Crippen molar-refractivity contribution < 1.29 is 14.5 Å². The Balaban J connectivity index is 1.80. The van der Waals surface area contributed by atoms with Gasteiger partial charge in [-0.15, -0.1) is 0 Å². The molecule has 3 rings (SSSR count). The molecule has 5 nitrogen and oxygen atoms in total. The highest BCUT2D eigenvalue weighted by atomic mass is 35.5. The molecule has 0 saturated carbocycles. The van der Waals surface area contributed by atoms with E-state index in [1.54, 1.807) is 24.3 Å². The number of hydrogen-bond acceptors (Lipinski definition) is 4. The maximum absolute atomic E-state index is 12.4. The molecule has 2 atom stereocenters. The van der Waals surface area contributed by atoms with E-state index in [0.29, 0.717) is 11.1 Å². The summed E-state index contributed by atoms with van der Waals surface area (Å²) in [4.78, 5) is 22.6. The number of Topliss-reactive ketones (excluding diaryl/α,β-unsaturated/α-hetero) is 1. The second kappa shape index (κ2) is 5.19. The number of benzene rings is 2. The highest BCUT2D eigenvalue weighted by molar-refractivity contribution is 6.39. The van der Waals surface area contributed by atoms with Gasteiger partial charge in [-0.2, -0.15) is 0 Å². The molecule has 1 aliphatic rings. The van der Waals surface area contributed by atoms with E-state index in [0.717, 1.165) is 5.56 Å². The minimum atomic E-state index is -1.43. The van der Waals surface area contributed by atoms with Crippen molar-refractivity contribution in [3.05, 3.63) is 75.3 Å². The van der Waals surface area contributed by atoms with Crippen molar-refractivity contribution in [3.63, 3.8) is 0 Å². The van der Waals surface area contributed by atoms with Crippen LogP contribution in [-0.2, 0) is 4.74 Å². The van der Waals surface area contributed by atoms with Crippen LogP contribution in [0.5, 0.6) is 0 Å². The standard InChI is InChI=1S/C16H12ClNO4/c1-10-2-4-11(5-3-10)14(19)16(17)15(22-16)12-6-8-13(9-7-12)18(20)21/h2-9,15H,1H3/t15-,16-/m0/s1. The van der Waals surface area contributed by atoms with Crippen molar-refractivity contribution in [3.8, 4) is 0 Å². The van der Waals surface area contributed by atoms with Gasteiger partial charge in [0.1, 0.15) is 6.10 Å². The van der Waals surface area contributed by atoms with Crippen LogP contribution in [0.4, 0.5) is 5.69 Å². The first-order valence-electron chi connectivity index (χ1n) is 6.64. The summed E-state index contributed by atoms with van der Waals surface area (Å²) in [5, 5.41) is 9.21. The molecule has 0 bridgehead atoms. The predicted molar refractivity (Wildman–Crippen MR) is 81.0 cm³/mol. The SMILES string of the molecule is Cc1ccc(C(=O)[C@]2(Cl)O[C@H]2c2ccc([N+](=O)[O-])cc2)cc1. The van der Waals surface area contributed by atoms with E-state index >= 15 is 0 Å². The molecule has 6 heteroatoms. The molecular weight excluding hydrogens is 306 g/mol. The minimum absolute atomic E-state index is 0.0190. The zero-order chi connectivity index (χ0) is 15.9. The van der Waals surface area contributed by atoms with Crippen LogP contribution in [0.2, 0.25) is 0 Å². The monoisotopic (exact) mass is 317 g/mol. The molecule has 0 aromatic heterocycles. The van der Waals surface area contributed by atoms with Gasteiger partial charge in [0, 0.05) is 17.7 Å². The molecular formula is C16H12ClNO4. The number of carbonyl (C=O) groups is 1. The topological polar surface area (TPSA) is 72.7 Å². The molecule has 1 heterocycles. The summed E-state index contributed by atoms with van der Waals surface area (Å²) < 4.78 is 5.38. The van der Waals surface area contributed by atoms with Gasteiger partial charge in [0.05, 0.1) is 4.92 Å². The summed E-state index contributed by atoms with van der Waals surface area (Å²) >= 11 is 6.27. The van der Waals surface area contributed by atoms with Crippen molar-refractivity contribution in [2.24, 2.45) is 0 Å². The van der Waals surface area contributed by atoms with E-state index in [1.807, 2.05) is 19.1 Å². The number of halogens is 1. The number of nitro benzene ring substituents is 1. The Bertz CT molecular complexity index is 742. The van der Waals surface area contributed by atoms with Gasteiger partial charge < -0.3 is 4.74 Å². The summed E-state index contributed by atoms with van der Waals surface area (Å²) in [5.41, 5.74) is 2.14. The lowest BCUT2D eigenvalue weighted by molar-refractivity contribution is -0.384. The van der Waals surface area contributed by atoms with Crippen LogP contribution in [0.25, 0.3) is 0 Å². The number of nitro groups is 1. The Morgan fingerprint density at radius 1 is 1.18 bits per heavy atom. The maximum Gasteiger partial charge on any atom is 0.269 e. The van der Waals surface area contributed by atoms with Gasteiger partial charge in [-0.3, -0.25) is 14.9 Å². The number of ether oxygens (including phenoxy) is 1. The fraction of sp³-hybridized carbons (Fsp3) is 0.188. The minimum Gasteiger partial charge on any atom is -0.337 e. The number of rotatable bonds is 4. The third-order valence-electron chi connectivity index (χ3n) is 3.60. The number of ketones is 1. The van der Waals surface area contributed by atoms with Crippen molar-refractivity contribution in [2.45, 2.75) is 18.1 Å². The van der Waals surface area contributed by atoms with E-state index in [4.69, 9.17) is 16.3 Å². The lowest BCUT2D eigenvalue weighted by Crippen LogP contribution is -2.18. The molecule has 0 radical (unpaired) electrons. The third kappa shape index (κ3) is 2.49. The van der Waals surface area contributed by atoms with Crippen molar-refractivity contribution in [1.29, 1.82) is 0 Å². The van der Waals surface area contributed by atoms with Crippen LogP contribution in [0, 0.1) is 17.0 Å². The summed E-state index contributed by atoms with van der Waals surface area (Å²) in [7, 11) is 0. The highest BCUT2D eigenvalue weighted by Gasteiger charge is 2.62. The number of aryl methyl sites for hydroxylation is 1. The molecule has 22 heavy (non-hydrogen) atoms. The van der Waals surface area contributed by atoms with Gasteiger partial charge in [-0.25, -0.2) is 0 Å². The molecule has 0 N–H and O–H groups in total. The van der Waals surface area contributed by atoms with E-state index in [1.165, 1.54) is 12.1 Å². The van der Waals surface area contributed by atoms with Gasteiger partial charge in [0.15, 0.2) is 0 Å². The zero-order valence-corrected chi connectivity index (χ0v) is 12.4. The van der Waals surface area contributed by atoms with E-state index in [2.05, 4.69) is 0 Å². The first kappa shape index (κ1) is 14.7. The lowest BCUT2D eigenvalue weighted by atomic mass is 10.0. The van der Waals surface area contributed by atoms with Crippen molar-refractivity contribution >= 4 is 23.1 Å². The smallest absolute Gasteiger partial charge is 0.269 e. The summed E-state index contributed by atoms with van der Waals surface area (Å²) in [6, 6.07) is 12.9. The third-order valence-corrected chi connectivity index (χ3v) is 4.06. The number of hydrogen-bond donors (Lipinski definition) is 0. The normalized spacial score (nSPS) is 23.1. The van der Waals surface area contributed by atoms with Gasteiger partial charge in [0.2, 0.25) is 10.8 Å². The van der Waals surface area contributed by atoms with Crippen LogP contribution < -0.4 is 0 Å². The first-order valence-corrected chi connectivity index (χ1v) is 7.02. The second-order valence-corrected chi connectivity index (χ2v) is 5.75. The van der Waals surface area contributed by atoms with Crippen LogP contribution in [0.1, 0.15) is 27.6 Å². The van der Waals surface area contributed by atoms with Crippen LogP contribution in [0.15, 0.2) is 48.5 Å². The van der Waals surface area contributed by atoms with Gasteiger partial charge in [0.25, 0.3) is 5.69 Å². The largest absolute Gasteiger partial charge is 0.337 e. The number of alkyl halides is 1. The van der Waals surface area contributed by atoms with Gasteiger partial charge >= 0.3 is 0 Å². The number of non-ortho nitro benzene ring substituents is 1.